The number of benzene rings is 3. The quantitative estimate of drug-likeness (QED) is 0.0347. The summed E-state index contributed by atoms with van der Waals surface area (Å²) in [6, 6.07) is 11.1. The van der Waals surface area contributed by atoms with Crippen LogP contribution in [0.1, 0.15) is 68.9 Å². The maximum absolute atomic E-state index is 15.1. The second kappa shape index (κ2) is 21.3. The topological polar surface area (TPSA) is 179 Å². The average Bonchev–Trinajstić information content (AvgIpc) is 3.31. The Bertz CT molecular complexity index is 2630. The van der Waals surface area contributed by atoms with Crippen LogP contribution < -0.4 is 46.4 Å². The fourth-order valence-electron chi connectivity index (χ4n) is 9.62. The van der Waals surface area contributed by atoms with Gasteiger partial charge in [0.05, 0.1) is 41.3 Å². The third-order valence-corrected chi connectivity index (χ3v) is 15.3. The molecule has 19 heteroatoms. The molecule has 2 aromatic heterocycles. The molecule has 5 N–H and O–H groups in total. The number of fused-ring (bicyclic) bond motifs is 1. The predicted octanol–water partition coefficient (Wildman–Crippen LogP) is 7.74. The van der Waals surface area contributed by atoms with Crippen LogP contribution >= 0.6 is 23.1 Å². The highest BCUT2D eigenvalue weighted by Gasteiger charge is 2.33. The van der Waals surface area contributed by atoms with Gasteiger partial charge in [0, 0.05) is 97.0 Å². The Morgan fingerprint density at radius 1 is 0.881 bits per heavy atom. The normalized spacial score (nSPS) is 17.5. The van der Waals surface area contributed by atoms with Gasteiger partial charge in [0.25, 0.3) is 0 Å². The molecule has 15 nitrogen and oxygen atoms in total. The van der Waals surface area contributed by atoms with Gasteiger partial charge in [-0.05, 0) is 116 Å². The van der Waals surface area contributed by atoms with Crippen LogP contribution in [0.5, 0.6) is 5.75 Å². The highest BCUT2D eigenvalue weighted by molar-refractivity contribution is 9.10. The number of carbonyl (C=O) groups excluding carboxylic acids is 2. The first kappa shape index (κ1) is 48.2. The van der Waals surface area contributed by atoms with E-state index in [1.54, 1.807) is 39.0 Å². The summed E-state index contributed by atoms with van der Waals surface area (Å²) in [5, 5.41) is 26.7. The molecule has 3 aliphatic heterocycles. The molecule has 8 rings (SSSR count). The largest absolute Gasteiger partial charge is 0.494 e. The summed E-state index contributed by atoms with van der Waals surface area (Å²) in [5.41, 5.74) is 4.01. The van der Waals surface area contributed by atoms with Crippen molar-refractivity contribution in [3.8, 4) is 5.75 Å². The lowest BCUT2D eigenvalue weighted by Gasteiger charge is -2.35. The second-order valence-corrected chi connectivity index (χ2v) is 22.0. The van der Waals surface area contributed by atoms with Gasteiger partial charge >= 0.3 is 0 Å². The highest BCUT2D eigenvalue weighted by atomic mass is 79.9. The molecule has 0 radical (unpaired) electrons. The number of rotatable bonds is 17. The molecule has 3 aromatic carbocycles. The van der Waals surface area contributed by atoms with Crippen LogP contribution in [0.3, 0.4) is 0 Å². The lowest BCUT2D eigenvalue weighted by atomic mass is 9.89. The number of anilines is 6. The lowest BCUT2D eigenvalue weighted by molar-refractivity contribution is -0.134. The Balaban J connectivity index is 0.781. The number of ether oxygens (including phenoxy) is 1. The Morgan fingerprint density at radius 2 is 1.61 bits per heavy atom. The van der Waals surface area contributed by atoms with Crippen LogP contribution in [0.4, 0.5) is 43.3 Å². The third kappa shape index (κ3) is 11.4. The fraction of sp³-hybridized carbons (Fsp3) is 0.458. The molecule has 5 heterocycles. The Labute approximate surface area is 398 Å². The molecule has 3 saturated heterocycles. The van der Waals surface area contributed by atoms with E-state index in [9.17, 15) is 14.2 Å². The van der Waals surface area contributed by atoms with E-state index in [0.717, 1.165) is 93.4 Å². The van der Waals surface area contributed by atoms with Gasteiger partial charge in [-0.25, -0.2) is 13.8 Å². The smallest absolute Gasteiger partial charge is 0.234 e. The highest BCUT2D eigenvalue weighted by Crippen LogP contribution is 2.42. The number of amides is 2. The minimum atomic E-state index is -2.74. The minimum Gasteiger partial charge on any atom is -0.494 e. The van der Waals surface area contributed by atoms with Crippen LogP contribution in [-0.2, 0) is 20.6 Å². The van der Waals surface area contributed by atoms with Gasteiger partial charge in [0.1, 0.15) is 30.3 Å². The van der Waals surface area contributed by atoms with Gasteiger partial charge in [-0.3, -0.25) is 14.9 Å². The summed E-state index contributed by atoms with van der Waals surface area (Å²) in [6.07, 6.45) is 11.0. The number of piperidine rings is 3. The van der Waals surface area contributed by atoms with Gasteiger partial charge < -0.3 is 40.4 Å². The number of hydrogen-bond acceptors (Lipinski definition) is 14. The number of carbonyl (C=O) groups is 2. The number of hydrogen-bond donors (Lipinski definition) is 5. The number of methoxy groups -OCH3 is 1. The van der Waals surface area contributed by atoms with Crippen LogP contribution in [0, 0.1) is 17.6 Å². The number of aryl methyl sites for hydroxylation is 1. The van der Waals surface area contributed by atoms with Crippen molar-refractivity contribution in [2.24, 2.45) is 5.92 Å². The zero-order valence-corrected chi connectivity index (χ0v) is 40.9. The molecule has 1 atom stereocenters. The van der Waals surface area contributed by atoms with Gasteiger partial charge in [0.2, 0.25) is 17.8 Å². The zero-order chi connectivity index (χ0) is 47.2. The number of imide groups is 1. The second-order valence-electron chi connectivity index (χ2n) is 18.0. The Kier molecular flexibility index (Phi) is 15.3. The van der Waals surface area contributed by atoms with Crippen molar-refractivity contribution in [1.82, 2.24) is 36.1 Å². The molecule has 5 aromatic rings. The van der Waals surface area contributed by atoms with E-state index in [1.807, 2.05) is 17.0 Å². The van der Waals surface area contributed by atoms with E-state index in [0.29, 0.717) is 63.7 Å². The third-order valence-electron chi connectivity index (χ3n) is 13.2. The first-order valence-electron chi connectivity index (χ1n) is 23.1. The van der Waals surface area contributed by atoms with Crippen molar-refractivity contribution in [2.45, 2.75) is 70.3 Å². The number of nitrogens with zero attached hydrogens (tertiary/aromatic N) is 6. The van der Waals surface area contributed by atoms with E-state index in [1.165, 1.54) is 17.7 Å². The van der Waals surface area contributed by atoms with E-state index in [2.05, 4.69) is 81.7 Å². The molecule has 0 saturated carbocycles. The monoisotopic (exact) mass is 1000 g/mol. The van der Waals surface area contributed by atoms with Crippen molar-refractivity contribution in [3.05, 3.63) is 82.2 Å². The zero-order valence-electron chi connectivity index (χ0n) is 38.4. The fourth-order valence-corrected chi connectivity index (χ4v) is 11.4. The summed E-state index contributed by atoms with van der Waals surface area (Å²) in [6.45, 7) is 11.6. The molecule has 0 spiro atoms. The van der Waals surface area contributed by atoms with Gasteiger partial charge in [-0.15, -0.1) is 0 Å². The van der Waals surface area contributed by atoms with Crippen LogP contribution in [-0.4, -0.2) is 104 Å². The molecular formula is C48H59BrF2N11O4P. The first-order valence-corrected chi connectivity index (χ1v) is 26.5. The number of halogens is 3. The summed E-state index contributed by atoms with van der Waals surface area (Å²) in [4.78, 5) is 37.6. The molecule has 3 aliphatic rings. The lowest BCUT2D eigenvalue weighted by Crippen LogP contribution is -2.44. The molecule has 0 bridgehead atoms. The van der Waals surface area contributed by atoms with E-state index >= 15 is 8.78 Å². The van der Waals surface area contributed by atoms with E-state index < -0.39 is 36.5 Å². The van der Waals surface area contributed by atoms with Crippen molar-refractivity contribution >= 4 is 85.5 Å². The van der Waals surface area contributed by atoms with Gasteiger partial charge in [-0.1, -0.05) is 13.0 Å². The van der Waals surface area contributed by atoms with Crippen molar-refractivity contribution < 1.29 is 27.7 Å². The molecule has 356 valence electrons. The van der Waals surface area contributed by atoms with Crippen molar-refractivity contribution in [2.75, 3.05) is 86.7 Å². The summed E-state index contributed by atoms with van der Waals surface area (Å²) < 4.78 is 50.4. The number of aromatic nitrogens is 4. The van der Waals surface area contributed by atoms with Crippen molar-refractivity contribution in [1.29, 1.82) is 0 Å². The van der Waals surface area contributed by atoms with E-state index in [4.69, 9.17) is 9.72 Å². The SMILES string of the molecule is CCc1cc(Nc2ncc(Br)c(Nc3ccc4cnncc4c3P(C)(C)=O)n2)c(OC)cc1N1CCC(NCCNCCC2CCN(c3cc(F)c(C4CCC(=O)NC4=O)c(F)c3)CC2)CC1. The minimum absolute atomic E-state index is 0.0661. The Morgan fingerprint density at radius 3 is 2.31 bits per heavy atom. The van der Waals surface area contributed by atoms with Crippen molar-refractivity contribution in [3.63, 3.8) is 0 Å². The maximum Gasteiger partial charge on any atom is 0.234 e. The molecule has 3 fully saturated rings. The van der Waals surface area contributed by atoms with Crippen LogP contribution in [0.2, 0.25) is 0 Å². The summed E-state index contributed by atoms with van der Waals surface area (Å²) in [5.74, 6) is -1.43. The van der Waals surface area contributed by atoms with Gasteiger partial charge in [0.15, 0.2) is 0 Å². The molecule has 0 aliphatic carbocycles. The molecule has 1 unspecified atom stereocenters. The number of nitrogens with one attached hydrogen (secondary N) is 5. The predicted molar refractivity (Wildman–Crippen MR) is 264 cm³/mol. The molecule has 2 amide bonds. The molecule has 67 heavy (non-hydrogen) atoms. The summed E-state index contributed by atoms with van der Waals surface area (Å²) in [7, 11) is -1.08. The Hall–Kier alpha value is -5.29. The first-order chi connectivity index (χ1) is 32.3. The maximum atomic E-state index is 15.1. The van der Waals surface area contributed by atoms with Crippen LogP contribution in [0.15, 0.2) is 59.5 Å². The standard InChI is InChI=1S/C48H59BrF2N11O4P/c1-5-30-22-40(58-48-54-28-36(49)46(60-48)57-39-8-6-31-26-55-56-27-35(31)45(39)67(3,4)65)42(66-2)25-41(30)62-20-13-32(14-21-62)53-17-16-52-15-10-29-11-18-61(19-12-29)33-23-37(50)44(38(51)24-33)34-7-9-43(63)59-47(34)64/h6,8,22-29,32,34,52-53H,5,7,9-21H2,1-4H3,(H,59,63,64)(H2,54,57,58,60). The summed E-state index contributed by atoms with van der Waals surface area (Å²) >= 11 is 3.59. The average molecular weight is 1000 g/mol. The van der Waals surface area contributed by atoms with Crippen LogP contribution in [0.25, 0.3) is 10.8 Å². The molecular weight excluding hydrogens is 943 g/mol. The van der Waals surface area contributed by atoms with E-state index in [-0.39, 0.29) is 18.4 Å². The van der Waals surface area contributed by atoms with Gasteiger partial charge in [-0.2, -0.15) is 15.2 Å².